The van der Waals surface area contributed by atoms with Crippen LogP contribution in [0.1, 0.15) is 32.4 Å². The van der Waals surface area contributed by atoms with Gasteiger partial charge < -0.3 is 10.1 Å². The number of nitrogens with one attached hydrogen (secondary N) is 1. The summed E-state index contributed by atoms with van der Waals surface area (Å²) in [6, 6.07) is 5.20. The van der Waals surface area contributed by atoms with Crippen molar-refractivity contribution in [2.24, 2.45) is 0 Å². The number of amides is 3. The number of carbonyl (C=O) groups excluding carboxylic acids is 3. The van der Waals surface area contributed by atoms with Gasteiger partial charge in [-0.2, -0.15) is 0 Å². The molecule has 0 radical (unpaired) electrons. The monoisotopic (exact) mass is 336 g/mol. The SMILES string of the molecule is CCOC(=O)C1=C(C)NC(=O)N(C(C)=O)[C@H]1c1ccc(Cl)cc1. The molecule has 0 bridgehead atoms. The number of nitrogens with zero attached hydrogens (tertiary/aromatic N) is 1. The average molecular weight is 337 g/mol. The van der Waals surface area contributed by atoms with Crippen LogP contribution in [-0.2, 0) is 14.3 Å². The summed E-state index contributed by atoms with van der Waals surface area (Å²) in [4.78, 5) is 37.5. The van der Waals surface area contributed by atoms with Gasteiger partial charge in [-0.05, 0) is 31.5 Å². The summed E-state index contributed by atoms with van der Waals surface area (Å²) in [5, 5.41) is 3.05. The number of benzene rings is 1. The molecule has 1 aliphatic heterocycles. The van der Waals surface area contributed by atoms with Crippen molar-refractivity contribution in [1.82, 2.24) is 10.2 Å². The highest BCUT2D eigenvalue weighted by molar-refractivity contribution is 6.30. The molecule has 1 heterocycles. The molecule has 0 aromatic heterocycles. The van der Waals surface area contributed by atoms with Crippen LogP contribution in [0.2, 0.25) is 5.02 Å². The standard InChI is InChI=1S/C16H17ClN2O4/c1-4-23-15(21)13-9(2)18-16(22)19(10(3)20)14(13)11-5-7-12(17)8-6-11/h5-8,14H,4H2,1-3H3,(H,18,22)/t14-/m0/s1. The molecule has 0 saturated heterocycles. The van der Waals surface area contributed by atoms with Gasteiger partial charge in [0.2, 0.25) is 5.91 Å². The fourth-order valence-corrected chi connectivity index (χ4v) is 2.62. The number of carbonyl (C=O) groups is 3. The third-order valence-electron chi connectivity index (χ3n) is 3.47. The van der Waals surface area contributed by atoms with E-state index in [9.17, 15) is 14.4 Å². The van der Waals surface area contributed by atoms with E-state index in [1.807, 2.05) is 0 Å². The van der Waals surface area contributed by atoms with Gasteiger partial charge in [0.05, 0.1) is 12.2 Å². The molecule has 0 saturated carbocycles. The number of halogens is 1. The minimum Gasteiger partial charge on any atom is -0.463 e. The lowest BCUT2D eigenvalue weighted by molar-refractivity contribution is -0.139. The number of hydrogen-bond acceptors (Lipinski definition) is 4. The Labute approximate surface area is 139 Å². The van der Waals surface area contributed by atoms with Crippen LogP contribution in [0, 0.1) is 0 Å². The van der Waals surface area contributed by atoms with Gasteiger partial charge in [-0.3, -0.25) is 9.69 Å². The molecule has 0 fully saturated rings. The number of allylic oxidation sites excluding steroid dienone is 1. The van der Waals surface area contributed by atoms with Crippen molar-refractivity contribution < 1.29 is 19.1 Å². The molecule has 1 N–H and O–H groups in total. The van der Waals surface area contributed by atoms with Crippen molar-refractivity contribution in [3.05, 3.63) is 46.1 Å². The predicted molar refractivity (Wildman–Crippen MR) is 84.6 cm³/mol. The molecule has 1 aromatic carbocycles. The molecular weight excluding hydrogens is 320 g/mol. The number of ether oxygens (including phenoxy) is 1. The first kappa shape index (κ1) is 17.0. The van der Waals surface area contributed by atoms with Gasteiger partial charge in [0.15, 0.2) is 0 Å². The normalized spacial score (nSPS) is 17.8. The molecular formula is C16H17ClN2O4. The zero-order valence-electron chi connectivity index (χ0n) is 13.1. The Morgan fingerprint density at radius 1 is 1.30 bits per heavy atom. The van der Waals surface area contributed by atoms with Crippen LogP contribution in [0.25, 0.3) is 0 Å². The maximum absolute atomic E-state index is 12.3. The summed E-state index contributed by atoms with van der Waals surface area (Å²) in [7, 11) is 0. The van der Waals surface area contributed by atoms with Crippen molar-refractivity contribution in [3.63, 3.8) is 0 Å². The number of urea groups is 1. The molecule has 122 valence electrons. The lowest BCUT2D eigenvalue weighted by atomic mass is 9.94. The van der Waals surface area contributed by atoms with E-state index < -0.39 is 23.9 Å². The van der Waals surface area contributed by atoms with Gasteiger partial charge in [-0.1, -0.05) is 23.7 Å². The molecule has 0 unspecified atom stereocenters. The van der Waals surface area contributed by atoms with E-state index in [-0.39, 0.29) is 12.2 Å². The van der Waals surface area contributed by atoms with Crippen molar-refractivity contribution in [1.29, 1.82) is 0 Å². The van der Waals surface area contributed by atoms with Gasteiger partial charge in [0.1, 0.15) is 6.04 Å². The van der Waals surface area contributed by atoms with E-state index in [1.54, 1.807) is 38.1 Å². The maximum atomic E-state index is 12.3. The summed E-state index contributed by atoms with van der Waals surface area (Å²) < 4.78 is 5.08. The first-order chi connectivity index (χ1) is 10.9. The van der Waals surface area contributed by atoms with Gasteiger partial charge >= 0.3 is 12.0 Å². The molecule has 1 aromatic rings. The van der Waals surface area contributed by atoms with Crippen molar-refractivity contribution in [3.8, 4) is 0 Å². The fraction of sp³-hybridized carbons (Fsp3) is 0.312. The molecule has 6 nitrogen and oxygen atoms in total. The lowest BCUT2D eigenvalue weighted by Crippen LogP contribution is -2.50. The fourth-order valence-electron chi connectivity index (χ4n) is 2.50. The molecule has 3 amide bonds. The van der Waals surface area contributed by atoms with E-state index >= 15 is 0 Å². The summed E-state index contributed by atoms with van der Waals surface area (Å²) in [5.41, 5.74) is 1.19. The van der Waals surface area contributed by atoms with Crippen LogP contribution in [-0.4, -0.2) is 29.4 Å². The van der Waals surface area contributed by atoms with Crippen LogP contribution in [0.3, 0.4) is 0 Å². The van der Waals surface area contributed by atoms with Crippen LogP contribution >= 0.6 is 11.6 Å². The number of imide groups is 1. The molecule has 1 aliphatic rings. The first-order valence-electron chi connectivity index (χ1n) is 7.11. The molecule has 0 spiro atoms. The van der Waals surface area contributed by atoms with Crippen molar-refractivity contribution >= 4 is 29.5 Å². The Kier molecular flexibility index (Phi) is 5.05. The van der Waals surface area contributed by atoms with Gasteiger partial charge in [0, 0.05) is 17.6 Å². The van der Waals surface area contributed by atoms with E-state index in [1.165, 1.54) is 6.92 Å². The molecule has 7 heteroatoms. The maximum Gasteiger partial charge on any atom is 0.338 e. The third-order valence-corrected chi connectivity index (χ3v) is 3.72. The third kappa shape index (κ3) is 3.37. The van der Waals surface area contributed by atoms with Gasteiger partial charge in [0.25, 0.3) is 0 Å². The Bertz CT molecular complexity index is 682. The van der Waals surface area contributed by atoms with E-state index in [4.69, 9.17) is 16.3 Å². The van der Waals surface area contributed by atoms with E-state index in [2.05, 4.69) is 5.32 Å². The lowest BCUT2D eigenvalue weighted by Gasteiger charge is -2.35. The van der Waals surface area contributed by atoms with E-state index in [0.29, 0.717) is 16.3 Å². The molecule has 0 aliphatic carbocycles. The Morgan fingerprint density at radius 2 is 1.91 bits per heavy atom. The minimum atomic E-state index is -0.849. The highest BCUT2D eigenvalue weighted by Crippen LogP contribution is 2.34. The van der Waals surface area contributed by atoms with Gasteiger partial charge in [-0.15, -0.1) is 0 Å². The predicted octanol–water partition coefficient (Wildman–Crippen LogP) is 2.79. The Morgan fingerprint density at radius 3 is 2.43 bits per heavy atom. The molecule has 2 rings (SSSR count). The van der Waals surface area contributed by atoms with E-state index in [0.717, 1.165) is 4.90 Å². The molecule has 1 atom stereocenters. The summed E-state index contributed by atoms with van der Waals surface area (Å²) in [6.45, 7) is 4.75. The first-order valence-corrected chi connectivity index (χ1v) is 7.48. The quantitative estimate of drug-likeness (QED) is 0.861. The van der Waals surface area contributed by atoms with Crippen molar-refractivity contribution in [2.75, 3.05) is 6.61 Å². The zero-order valence-corrected chi connectivity index (χ0v) is 13.8. The summed E-state index contributed by atoms with van der Waals surface area (Å²) in [5.74, 6) is -1.05. The Balaban J connectivity index is 2.61. The van der Waals surface area contributed by atoms with Gasteiger partial charge in [-0.25, -0.2) is 9.59 Å². The molecule has 23 heavy (non-hydrogen) atoms. The van der Waals surface area contributed by atoms with Crippen LogP contribution < -0.4 is 5.32 Å². The second-order valence-electron chi connectivity index (χ2n) is 5.03. The smallest absolute Gasteiger partial charge is 0.338 e. The number of rotatable bonds is 3. The van der Waals surface area contributed by atoms with Crippen LogP contribution in [0.4, 0.5) is 4.79 Å². The minimum absolute atomic E-state index is 0.191. The topological polar surface area (TPSA) is 75.7 Å². The largest absolute Gasteiger partial charge is 0.463 e. The highest BCUT2D eigenvalue weighted by atomic mass is 35.5. The second kappa shape index (κ2) is 6.83. The Hall–Kier alpha value is -2.34. The van der Waals surface area contributed by atoms with Crippen LogP contribution in [0.5, 0.6) is 0 Å². The highest BCUT2D eigenvalue weighted by Gasteiger charge is 2.40. The van der Waals surface area contributed by atoms with Crippen molar-refractivity contribution in [2.45, 2.75) is 26.8 Å². The average Bonchev–Trinajstić information content (AvgIpc) is 2.46. The zero-order chi connectivity index (χ0) is 17.1. The summed E-state index contributed by atoms with van der Waals surface area (Å²) >= 11 is 5.89. The number of hydrogen-bond donors (Lipinski definition) is 1. The second-order valence-corrected chi connectivity index (χ2v) is 5.47. The summed E-state index contributed by atoms with van der Waals surface area (Å²) in [6.07, 6.45) is 0. The number of esters is 1. The van der Waals surface area contributed by atoms with Crippen LogP contribution in [0.15, 0.2) is 35.5 Å².